The first-order chi connectivity index (χ1) is 4.00. The van der Waals surface area contributed by atoms with Gasteiger partial charge in [-0.25, -0.2) is 0 Å². The van der Waals surface area contributed by atoms with E-state index < -0.39 is 11.2 Å². The summed E-state index contributed by atoms with van der Waals surface area (Å²) in [6, 6.07) is 0. The molecule has 0 aromatic carbocycles. The number of hydrogen-bond acceptors (Lipinski definition) is 4. The van der Waals surface area contributed by atoms with Gasteiger partial charge >= 0.3 is 0 Å². The Hall–Kier alpha value is -0.880. The highest BCUT2D eigenvalue weighted by atomic mass is 16.9. The molecule has 1 unspecified atom stereocenters. The maximum atomic E-state index is 8.36. The summed E-state index contributed by atoms with van der Waals surface area (Å²) >= 11 is 0. The smallest absolute Gasteiger partial charge is 0.291 e. The molecule has 56 valence electrons. The molecule has 0 rings (SSSR count). The van der Waals surface area contributed by atoms with Crippen LogP contribution in [0.5, 0.6) is 0 Å². The molecule has 0 spiro atoms. The summed E-state index contributed by atoms with van der Waals surface area (Å²) in [5, 5.41) is 29.6. The average molecular weight is 139 g/mol. The van der Waals surface area contributed by atoms with Gasteiger partial charge in [0.1, 0.15) is 0 Å². The molecular weight excluding hydrogens is 130 g/mol. The minimum atomic E-state index is -1.50. The van der Waals surface area contributed by atoms with Crippen molar-refractivity contribution in [3.63, 3.8) is 0 Å². The second-order valence-electron chi connectivity index (χ2n) is 1.27. The molecule has 0 aliphatic heterocycles. The Balaban J connectivity index is 0. The van der Waals surface area contributed by atoms with Crippen molar-refractivity contribution in [3.8, 4) is 0 Å². The van der Waals surface area contributed by atoms with Crippen LogP contribution in [0, 0.1) is 10.1 Å². The molecule has 0 fully saturated rings. The van der Waals surface area contributed by atoms with Crippen LogP contribution in [0.15, 0.2) is 0 Å². The normalized spacial score (nSPS) is 11.0. The van der Waals surface area contributed by atoms with Crippen molar-refractivity contribution in [1.29, 1.82) is 0 Å². The van der Waals surface area contributed by atoms with E-state index in [0.29, 0.717) is 0 Å². The van der Waals surface area contributed by atoms with Crippen molar-refractivity contribution in [2.45, 2.75) is 13.0 Å². The molecule has 0 radical (unpaired) electrons. The van der Waals surface area contributed by atoms with E-state index in [4.69, 9.17) is 25.5 Å². The van der Waals surface area contributed by atoms with E-state index in [1.54, 1.807) is 0 Å². The zero-order valence-corrected chi connectivity index (χ0v) is 4.89. The summed E-state index contributed by atoms with van der Waals surface area (Å²) in [6.45, 7) is 1.39. The zero-order valence-electron chi connectivity index (χ0n) is 4.89. The highest BCUT2D eigenvalue weighted by Gasteiger charge is 1.83. The minimum Gasteiger partial charge on any atom is -0.394 e. The quantitative estimate of drug-likeness (QED) is 0.319. The van der Waals surface area contributed by atoms with Crippen molar-refractivity contribution in [3.05, 3.63) is 10.1 Å². The lowest BCUT2D eigenvalue weighted by Crippen LogP contribution is -2.03. The van der Waals surface area contributed by atoms with Crippen molar-refractivity contribution >= 4 is 0 Å². The van der Waals surface area contributed by atoms with E-state index in [0.717, 1.165) is 0 Å². The molecule has 0 bridgehead atoms. The maximum Gasteiger partial charge on any atom is 0.291 e. The lowest BCUT2D eigenvalue weighted by Gasteiger charge is -1.90. The summed E-state index contributed by atoms with van der Waals surface area (Å²) in [4.78, 5) is 8.36. The predicted molar refractivity (Wildman–Crippen MR) is 27.5 cm³/mol. The van der Waals surface area contributed by atoms with E-state index in [-0.39, 0.29) is 6.61 Å². The maximum absolute atomic E-state index is 8.36. The lowest BCUT2D eigenvalue weighted by molar-refractivity contribution is -0.742. The molecule has 0 aromatic rings. The third-order valence-corrected chi connectivity index (χ3v) is 0.264. The van der Waals surface area contributed by atoms with E-state index >= 15 is 0 Å². The molecule has 3 N–H and O–H groups in total. The van der Waals surface area contributed by atoms with Gasteiger partial charge < -0.3 is 15.4 Å². The van der Waals surface area contributed by atoms with Crippen LogP contribution in [0.4, 0.5) is 0 Å². The predicted octanol–water partition coefficient (Wildman–Crippen LogP) is -0.988. The van der Waals surface area contributed by atoms with Gasteiger partial charge in [-0.2, -0.15) is 0 Å². The molecule has 6 nitrogen and oxygen atoms in total. The third kappa shape index (κ3) is 149. The molecule has 0 heterocycles. The molecule has 0 aromatic heterocycles. The molecule has 0 aliphatic carbocycles. The highest BCUT2D eigenvalue weighted by molar-refractivity contribution is 4.33. The Morgan fingerprint density at radius 1 is 1.78 bits per heavy atom. The van der Waals surface area contributed by atoms with Crippen LogP contribution in [0.25, 0.3) is 0 Å². The molecule has 0 aliphatic rings. The fraction of sp³-hybridized carbons (Fsp3) is 1.00. The van der Waals surface area contributed by atoms with Gasteiger partial charge in [-0.3, -0.25) is 0 Å². The van der Waals surface area contributed by atoms with Crippen molar-refractivity contribution in [2.75, 3.05) is 6.61 Å². The third-order valence-electron chi connectivity index (χ3n) is 0.264. The van der Waals surface area contributed by atoms with Gasteiger partial charge in [-0.05, 0) is 6.92 Å². The molecule has 6 heteroatoms. The molecular formula is C3H9NO5. The van der Waals surface area contributed by atoms with Crippen LogP contribution >= 0.6 is 0 Å². The monoisotopic (exact) mass is 139 g/mol. The van der Waals surface area contributed by atoms with Gasteiger partial charge in [0.05, 0.1) is 12.7 Å². The summed E-state index contributed by atoms with van der Waals surface area (Å²) in [6.07, 6.45) is -0.560. The van der Waals surface area contributed by atoms with E-state index in [1.165, 1.54) is 6.92 Å². The Labute approximate surface area is 51.5 Å². The van der Waals surface area contributed by atoms with Crippen LogP contribution in [-0.2, 0) is 0 Å². The number of aliphatic hydroxyl groups excluding tert-OH is 2. The number of hydrogen-bond donors (Lipinski definition) is 3. The number of nitrogens with zero attached hydrogens (tertiary/aromatic N) is 1. The van der Waals surface area contributed by atoms with E-state index in [2.05, 4.69) is 0 Å². The Morgan fingerprint density at radius 2 is 1.89 bits per heavy atom. The van der Waals surface area contributed by atoms with E-state index in [9.17, 15) is 0 Å². The Kier molecular flexibility index (Phi) is 8.69. The highest BCUT2D eigenvalue weighted by Crippen LogP contribution is 1.68. The van der Waals surface area contributed by atoms with Gasteiger partial charge in [-0.15, -0.1) is 10.1 Å². The summed E-state index contributed by atoms with van der Waals surface area (Å²) in [5.41, 5.74) is 0. The molecule has 0 saturated carbocycles. The topological polar surface area (TPSA) is 104 Å². The van der Waals surface area contributed by atoms with Gasteiger partial charge in [0.15, 0.2) is 0 Å². The molecule has 0 saturated heterocycles. The first-order valence-electron chi connectivity index (χ1n) is 2.13. The first kappa shape index (κ1) is 11.0. The second-order valence-corrected chi connectivity index (χ2v) is 1.27. The molecule has 0 amide bonds. The molecule has 1 atom stereocenters. The van der Waals surface area contributed by atoms with Gasteiger partial charge in [0.25, 0.3) is 5.09 Å². The fourth-order valence-electron chi connectivity index (χ4n) is 0. The standard InChI is InChI=1S/C3H8O2.HNO3/c1-3(5)2-4;2-1(3)4/h3-5H,2H2,1H3;(H,2,3,4). The van der Waals surface area contributed by atoms with Crippen molar-refractivity contribution in [1.82, 2.24) is 0 Å². The fourth-order valence-corrected chi connectivity index (χ4v) is 0. The van der Waals surface area contributed by atoms with Gasteiger partial charge in [0.2, 0.25) is 0 Å². The lowest BCUT2D eigenvalue weighted by atomic mass is 10.5. The number of aliphatic hydroxyl groups is 2. The van der Waals surface area contributed by atoms with E-state index in [1.807, 2.05) is 0 Å². The largest absolute Gasteiger partial charge is 0.394 e. The van der Waals surface area contributed by atoms with Crippen molar-refractivity contribution < 1.29 is 20.5 Å². The molecule has 9 heavy (non-hydrogen) atoms. The first-order valence-corrected chi connectivity index (χ1v) is 2.13. The van der Waals surface area contributed by atoms with Crippen LogP contribution in [0.2, 0.25) is 0 Å². The second kappa shape index (κ2) is 7.12. The SMILES string of the molecule is CC(O)CO.O=[N+]([O-])O. The van der Waals surface area contributed by atoms with Crippen LogP contribution in [0.1, 0.15) is 6.92 Å². The van der Waals surface area contributed by atoms with Gasteiger partial charge in [-0.1, -0.05) is 0 Å². The average Bonchev–Trinajstić information content (AvgIpc) is 1.65. The summed E-state index contributed by atoms with van der Waals surface area (Å²) < 4.78 is 0. The Bertz CT molecular complexity index is 68.6. The zero-order chi connectivity index (χ0) is 7.86. The number of rotatable bonds is 1. The Morgan fingerprint density at radius 3 is 1.89 bits per heavy atom. The van der Waals surface area contributed by atoms with Crippen LogP contribution in [-0.4, -0.2) is 33.2 Å². The summed E-state index contributed by atoms with van der Waals surface area (Å²) in [7, 11) is 0. The van der Waals surface area contributed by atoms with Crippen molar-refractivity contribution in [2.24, 2.45) is 0 Å². The minimum absolute atomic E-state index is 0.139. The summed E-state index contributed by atoms with van der Waals surface area (Å²) in [5.74, 6) is 0. The van der Waals surface area contributed by atoms with Gasteiger partial charge in [0, 0.05) is 0 Å². The van der Waals surface area contributed by atoms with Crippen LogP contribution in [0.3, 0.4) is 0 Å². The van der Waals surface area contributed by atoms with Crippen LogP contribution < -0.4 is 0 Å².